The molecule has 0 bridgehead atoms. The van der Waals surface area contributed by atoms with E-state index in [2.05, 4.69) is 4.98 Å². The summed E-state index contributed by atoms with van der Waals surface area (Å²) in [5.74, 6) is -0.604. The molecule has 2 aromatic rings. The molecule has 7 heteroatoms. The number of nitrogens with two attached hydrogens (primary N) is 1. The molecule has 0 aliphatic carbocycles. The Hall–Kier alpha value is -2.41. The number of rotatable bonds is 4. The molecule has 1 aliphatic heterocycles. The molecule has 2 amide bonds. The van der Waals surface area contributed by atoms with Crippen LogP contribution >= 0.6 is 11.3 Å². The predicted octanol–water partition coefficient (Wildman–Crippen LogP) is 2.97. The Labute approximate surface area is 150 Å². The van der Waals surface area contributed by atoms with Crippen molar-refractivity contribution in [3.05, 3.63) is 44.4 Å². The van der Waals surface area contributed by atoms with Crippen molar-refractivity contribution in [3.8, 4) is 0 Å². The van der Waals surface area contributed by atoms with Gasteiger partial charge in [-0.2, -0.15) is 0 Å². The average molecular weight is 359 g/mol. The number of ketones is 1. The number of nitrogens with one attached hydrogen (secondary N) is 1. The van der Waals surface area contributed by atoms with E-state index in [0.29, 0.717) is 33.9 Å². The van der Waals surface area contributed by atoms with Gasteiger partial charge in [0.2, 0.25) is 0 Å². The molecule has 0 saturated carbocycles. The normalized spacial score (nSPS) is 17.1. The molecule has 25 heavy (non-hydrogen) atoms. The number of aromatic amines is 1. The number of H-pyrrole nitrogens is 1. The average Bonchev–Trinajstić information content (AvgIpc) is 3.24. The van der Waals surface area contributed by atoms with E-state index in [-0.39, 0.29) is 17.7 Å². The Balaban J connectivity index is 1.93. The minimum absolute atomic E-state index is 0.0555. The Kier molecular flexibility index (Phi) is 4.51. The van der Waals surface area contributed by atoms with Crippen molar-refractivity contribution in [2.24, 2.45) is 5.73 Å². The molecule has 3 N–H and O–H groups in total. The van der Waals surface area contributed by atoms with E-state index in [0.717, 1.165) is 17.7 Å². The predicted molar refractivity (Wildman–Crippen MR) is 96.1 cm³/mol. The second-order valence-electron chi connectivity index (χ2n) is 6.40. The van der Waals surface area contributed by atoms with E-state index >= 15 is 0 Å². The first-order valence-electron chi connectivity index (χ1n) is 8.21. The molecule has 1 unspecified atom stereocenters. The zero-order valence-electron chi connectivity index (χ0n) is 14.5. The molecule has 0 spiro atoms. The first-order chi connectivity index (χ1) is 11.8. The number of amides is 2. The Morgan fingerprint density at radius 1 is 1.28 bits per heavy atom. The summed E-state index contributed by atoms with van der Waals surface area (Å²) in [5.41, 5.74) is 7.81. The van der Waals surface area contributed by atoms with Crippen LogP contribution in [0.5, 0.6) is 0 Å². The number of nitrogens with zero attached hydrogens (tertiary/aromatic N) is 1. The van der Waals surface area contributed by atoms with Gasteiger partial charge in [-0.05, 0) is 44.4 Å². The number of carbonyl (C=O) groups excluding carboxylic acids is 3. The summed E-state index contributed by atoms with van der Waals surface area (Å²) >= 11 is 1.34. The van der Waals surface area contributed by atoms with Gasteiger partial charge in [0, 0.05) is 24.0 Å². The summed E-state index contributed by atoms with van der Waals surface area (Å²) in [7, 11) is 0. The van der Waals surface area contributed by atoms with Crippen LogP contribution in [0.25, 0.3) is 0 Å². The molecule has 3 rings (SSSR count). The number of carbonyl (C=O) groups is 3. The highest BCUT2D eigenvalue weighted by Gasteiger charge is 2.34. The molecule has 1 saturated heterocycles. The number of likely N-dealkylation sites (tertiary alicyclic amines) is 1. The maximum atomic E-state index is 13.2. The van der Waals surface area contributed by atoms with Gasteiger partial charge >= 0.3 is 0 Å². The maximum Gasteiger partial charge on any atom is 0.258 e. The molecule has 1 aliphatic rings. The highest BCUT2D eigenvalue weighted by molar-refractivity contribution is 7.14. The highest BCUT2D eigenvalue weighted by Crippen LogP contribution is 2.37. The van der Waals surface area contributed by atoms with Crippen LogP contribution in [0.4, 0.5) is 0 Å². The molecule has 132 valence electrons. The SMILES string of the molecule is CC(=O)c1[nH]c(C)c(C(=O)N2CCCC2c2ccc(C(N)=O)s2)c1C. The molecule has 6 nitrogen and oxygen atoms in total. The van der Waals surface area contributed by atoms with Crippen LogP contribution in [0, 0.1) is 13.8 Å². The standard InChI is InChI=1S/C18H21N3O3S/c1-9-15(10(2)20-16(9)11(3)22)18(24)21-8-4-5-12(21)13-6-7-14(25-13)17(19)23/h6-7,12,20H,4-5,8H2,1-3H3,(H2,19,23). The molecule has 1 atom stereocenters. The molecule has 1 fully saturated rings. The largest absolute Gasteiger partial charge is 0.365 e. The third-order valence-electron chi connectivity index (χ3n) is 4.72. The van der Waals surface area contributed by atoms with Crippen molar-refractivity contribution in [1.29, 1.82) is 0 Å². The Morgan fingerprint density at radius 3 is 2.56 bits per heavy atom. The van der Waals surface area contributed by atoms with Gasteiger partial charge in [0.15, 0.2) is 5.78 Å². The first-order valence-corrected chi connectivity index (χ1v) is 9.03. The van der Waals surface area contributed by atoms with Crippen molar-refractivity contribution in [2.45, 2.75) is 39.7 Å². The minimum atomic E-state index is -0.449. The van der Waals surface area contributed by atoms with E-state index in [4.69, 9.17) is 5.73 Å². The van der Waals surface area contributed by atoms with Crippen LogP contribution in [0.2, 0.25) is 0 Å². The van der Waals surface area contributed by atoms with Crippen LogP contribution in [0.15, 0.2) is 12.1 Å². The third-order valence-corrected chi connectivity index (χ3v) is 5.92. The quantitative estimate of drug-likeness (QED) is 0.821. The lowest BCUT2D eigenvalue weighted by Gasteiger charge is -2.24. The summed E-state index contributed by atoms with van der Waals surface area (Å²) < 4.78 is 0. The van der Waals surface area contributed by atoms with Gasteiger partial charge < -0.3 is 15.6 Å². The van der Waals surface area contributed by atoms with Gasteiger partial charge in [0.1, 0.15) is 0 Å². The van der Waals surface area contributed by atoms with E-state index in [9.17, 15) is 14.4 Å². The first kappa shape index (κ1) is 17.4. The second-order valence-corrected chi connectivity index (χ2v) is 7.52. The highest BCUT2D eigenvalue weighted by atomic mass is 32.1. The van der Waals surface area contributed by atoms with E-state index in [1.165, 1.54) is 18.3 Å². The van der Waals surface area contributed by atoms with Crippen LogP contribution < -0.4 is 5.73 Å². The van der Waals surface area contributed by atoms with Crippen molar-refractivity contribution in [3.63, 3.8) is 0 Å². The van der Waals surface area contributed by atoms with Gasteiger partial charge in [-0.15, -0.1) is 11.3 Å². The Morgan fingerprint density at radius 2 is 2.00 bits per heavy atom. The summed E-state index contributed by atoms with van der Waals surface area (Å²) in [4.78, 5) is 42.6. The number of primary amides is 1. The van der Waals surface area contributed by atoms with Gasteiger partial charge in [0.05, 0.1) is 22.2 Å². The van der Waals surface area contributed by atoms with Crippen molar-refractivity contribution < 1.29 is 14.4 Å². The van der Waals surface area contributed by atoms with Crippen molar-refractivity contribution in [2.75, 3.05) is 6.54 Å². The number of hydrogen-bond donors (Lipinski definition) is 2. The lowest BCUT2D eigenvalue weighted by molar-refractivity contribution is 0.0736. The number of Topliss-reactive ketones (excluding diaryl/α,β-unsaturated/α-hetero) is 1. The fourth-order valence-corrected chi connectivity index (χ4v) is 4.54. The summed E-state index contributed by atoms with van der Waals surface area (Å²) in [6.45, 7) is 5.76. The Bertz CT molecular complexity index is 865. The van der Waals surface area contributed by atoms with E-state index < -0.39 is 5.91 Å². The van der Waals surface area contributed by atoms with E-state index in [1.807, 2.05) is 17.9 Å². The van der Waals surface area contributed by atoms with Gasteiger partial charge in [0.25, 0.3) is 11.8 Å². The molecule has 3 heterocycles. The molecular weight excluding hydrogens is 338 g/mol. The second kappa shape index (κ2) is 6.48. The minimum Gasteiger partial charge on any atom is -0.365 e. The van der Waals surface area contributed by atoms with Gasteiger partial charge in [-0.1, -0.05) is 0 Å². The maximum absolute atomic E-state index is 13.2. The number of hydrogen-bond acceptors (Lipinski definition) is 4. The molecule has 0 aromatic carbocycles. The monoisotopic (exact) mass is 359 g/mol. The lowest BCUT2D eigenvalue weighted by atomic mass is 10.1. The summed E-state index contributed by atoms with van der Waals surface area (Å²) in [6, 6.07) is 3.53. The fourth-order valence-electron chi connectivity index (χ4n) is 3.54. The third kappa shape index (κ3) is 3.00. The number of aryl methyl sites for hydroxylation is 1. The van der Waals surface area contributed by atoms with E-state index in [1.54, 1.807) is 13.0 Å². The zero-order chi connectivity index (χ0) is 18.3. The molecule has 0 radical (unpaired) electrons. The number of aromatic nitrogens is 1. The summed E-state index contributed by atoms with van der Waals surface area (Å²) in [5, 5.41) is 0. The van der Waals surface area contributed by atoms with Crippen LogP contribution in [-0.2, 0) is 0 Å². The molecule has 2 aromatic heterocycles. The lowest BCUT2D eigenvalue weighted by Crippen LogP contribution is -2.31. The van der Waals surface area contributed by atoms with Gasteiger partial charge in [-0.25, -0.2) is 0 Å². The fraction of sp³-hybridized carbons (Fsp3) is 0.389. The van der Waals surface area contributed by atoms with Crippen molar-refractivity contribution >= 4 is 28.9 Å². The molecular formula is C18H21N3O3S. The summed E-state index contributed by atoms with van der Waals surface area (Å²) in [6.07, 6.45) is 1.76. The number of thiophene rings is 1. The topological polar surface area (TPSA) is 96.3 Å². The van der Waals surface area contributed by atoms with Crippen molar-refractivity contribution in [1.82, 2.24) is 9.88 Å². The van der Waals surface area contributed by atoms with Crippen LogP contribution in [-0.4, -0.2) is 34.0 Å². The van der Waals surface area contributed by atoms with Crippen LogP contribution in [0.3, 0.4) is 0 Å². The van der Waals surface area contributed by atoms with Gasteiger partial charge in [-0.3, -0.25) is 14.4 Å². The van der Waals surface area contributed by atoms with Crippen LogP contribution in [0.1, 0.15) is 72.5 Å². The zero-order valence-corrected chi connectivity index (χ0v) is 15.3. The smallest absolute Gasteiger partial charge is 0.258 e.